The molecule has 1 N–H and O–H groups in total. The number of halogens is 6. The number of aryl methyl sites for hydroxylation is 1. The van der Waals surface area contributed by atoms with Gasteiger partial charge in [0.05, 0.1) is 12.7 Å². The van der Waals surface area contributed by atoms with Crippen LogP contribution in [0.3, 0.4) is 0 Å². The zero-order valence-electron chi connectivity index (χ0n) is 13.2. The first kappa shape index (κ1) is 19.1. The molecule has 0 bridgehead atoms. The van der Waals surface area contributed by atoms with Crippen LogP contribution in [0.1, 0.15) is 22.3 Å². The quantitative estimate of drug-likeness (QED) is 0.792. The molecular formula is C17H14F6O2. The smallest absolute Gasteiger partial charge is 0.425 e. The van der Waals surface area contributed by atoms with Crippen LogP contribution in [0, 0.1) is 6.92 Å². The molecule has 0 saturated heterocycles. The molecule has 0 heterocycles. The van der Waals surface area contributed by atoms with Crippen molar-refractivity contribution in [2.45, 2.75) is 24.9 Å². The lowest BCUT2D eigenvalue weighted by molar-refractivity contribution is -0.248. The maximum atomic E-state index is 13.8. The molecule has 25 heavy (non-hydrogen) atoms. The van der Waals surface area contributed by atoms with Crippen LogP contribution in [0.15, 0.2) is 42.5 Å². The van der Waals surface area contributed by atoms with Crippen molar-refractivity contribution >= 4 is 0 Å². The Balaban J connectivity index is 2.80. The van der Waals surface area contributed by atoms with Crippen molar-refractivity contribution in [2.75, 3.05) is 7.11 Å². The van der Waals surface area contributed by atoms with Gasteiger partial charge in [-0.2, -0.15) is 26.3 Å². The first-order valence-electron chi connectivity index (χ1n) is 7.03. The minimum Gasteiger partial charge on any atom is -0.496 e. The highest BCUT2D eigenvalue weighted by molar-refractivity contribution is 5.48. The van der Waals surface area contributed by atoms with Gasteiger partial charge >= 0.3 is 12.4 Å². The van der Waals surface area contributed by atoms with Crippen molar-refractivity contribution in [3.63, 3.8) is 0 Å². The highest BCUT2D eigenvalue weighted by atomic mass is 19.4. The fraction of sp³-hybridized carbons (Fsp3) is 0.294. The van der Waals surface area contributed by atoms with Crippen LogP contribution in [0.25, 0.3) is 0 Å². The summed E-state index contributed by atoms with van der Waals surface area (Å²) in [6, 6.07) is 6.25. The van der Waals surface area contributed by atoms with Gasteiger partial charge in [0.25, 0.3) is 0 Å². The SMILES string of the molecule is COc1ccc(C)cc1C(O)(c1cccc(C(F)(F)F)c1)C(F)(F)F. The zero-order chi connectivity index (χ0) is 19.0. The van der Waals surface area contributed by atoms with E-state index in [9.17, 15) is 31.4 Å². The number of alkyl halides is 6. The highest BCUT2D eigenvalue weighted by Gasteiger charge is 2.58. The second kappa shape index (κ2) is 6.25. The average molecular weight is 364 g/mol. The third-order valence-corrected chi connectivity index (χ3v) is 3.76. The molecule has 0 saturated carbocycles. The van der Waals surface area contributed by atoms with Gasteiger partial charge in [0.1, 0.15) is 5.75 Å². The summed E-state index contributed by atoms with van der Waals surface area (Å²) in [4.78, 5) is 0. The molecule has 8 heteroatoms. The van der Waals surface area contributed by atoms with Crippen LogP contribution in [-0.2, 0) is 11.8 Å². The first-order chi connectivity index (χ1) is 11.4. The van der Waals surface area contributed by atoms with Crippen LogP contribution < -0.4 is 4.74 Å². The second-order valence-electron chi connectivity index (χ2n) is 5.49. The van der Waals surface area contributed by atoms with E-state index in [0.717, 1.165) is 25.3 Å². The van der Waals surface area contributed by atoms with Crippen molar-refractivity contribution in [3.8, 4) is 5.75 Å². The number of aliphatic hydroxyl groups is 1. The number of rotatable bonds is 3. The minimum absolute atomic E-state index is 0.287. The number of methoxy groups -OCH3 is 1. The van der Waals surface area contributed by atoms with Gasteiger partial charge in [0.15, 0.2) is 0 Å². The minimum atomic E-state index is -5.28. The Morgan fingerprint density at radius 3 is 2.00 bits per heavy atom. The largest absolute Gasteiger partial charge is 0.496 e. The molecule has 0 aliphatic heterocycles. The molecule has 0 radical (unpaired) electrons. The van der Waals surface area contributed by atoms with Crippen molar-refractivity contribution in [1.29, 1.82) is 0 Å². The molecule has 0 fully saturated rings. The van der Waals surface area contributed by atoms with Crippen LogP contribution in [0.5, 0.6) is 5.75 Å². The van der Waals surface area contributed by atoms with Gasteiger partial charge in [0.2, 0.25) is 5.60 Å². The van der Waals surface area contributed by atoms with Crippen molar-refractivity contribution in [3.05, 3.63) is 64.7 Å². The van der Waals surface area contributed by atoms with Gasteiger partial charge in [-0.05, 0) is 36.8 Å². The summed E-state index contributed by atoms with van der Waals surface area (Å²) >= 11 is 0. The van der Waals surface area contributed by atoms with Crippen LogP contribution in [-0.4, -0.2) is 18.4 Å². The topological polar surface area (TPSA) is 29.5 Å². The molecule has 2 nitrogen and oxygen atoms in total. The molecule has 0 aromatic heterocycles. The predicted octanol–water partition coefficient (Wildman–Crippen LogP) is 4.82. The van der Waals surface area contributed by atoms with Crippen molar-refractivity contribution in [2.24, 2.45) is 0 Å². The molecule has 1 unspecified atom stereocenters. The summed E-state index contributed by atoms with van der Waals surface area (Å²) in [7, 11) is 1.11. The lowest BCUT2D eigenvalue weighted by Crippen LogP contribution is -2.43. The molecule has 2 aromatic carbocycles. The van der Waals surface area contributed by atoms with E-state index < -0.39 is 34.6 Å². The molecule has 136 valence electrons. The number of hydrogen-bond acceptors (Lipinski definition) is 2. The summed E-state index contributed by atoms with van der Waals surface area (Å²) in [6.07, 6.45) is -10.1. The molecule has 2 aromatic rings. The average Bonchev–Trinajstić information content (AvgIpc) is 2.52. The Hall–Kier alpha value is -2.22. The summed E-state index contributed by atoms with van der Waals surface area (Å²) in [5.41, 5.74) is -6.20. The van der Waals surface area contributed by atoms with Crippen molar-refractivity contribution in [1.82, 2.24) is 0 Å². The van der Waals surface area contributed by atoms with Gasteiger partial charge < -0.3 is 9.84 Å². The third kappa shape index (κ3) is 3.44. The van der Waals surface area contributed by atoms with E-state index in [-0.39, 0.29) is 11.8 Å². The van der Waals surface area contributed by atoms with E-state index in [1.165, 1.54) is 19.1 Å². The Morgan fingerprint density at radius 2 is 1.48 bits per heavy atom. The third-order valence-electron chi connectivity index (χ3n) is 3.76. The van der Waals surface area contributed by atoms with E-state index >= 15 is 0 Å². The summed E-state index contributed by atoms with van der Waals surface area (Å²) in [6.45, 7) is 1.49. The Labute approximate surface area is 139 Å². The van der Waals surface area contributed by atoms with Gasteiger partial charge in [-0.25, -0.2) is 0 Å². The lowest BCUT2D eigenvalue weighted by atomic mass is 9.83. The Morgan fingerprint density at radius 1 is 0.880 bits per heavy atom. The fourth-order valence-corrected chi connectivity index (χ4v) is 2.50. The summed E-state index contributed by atoms with van der Waals surface area (Å²) in [5, 5.41) is 10.5. The highest BCUT2D eigenvalue weighted by Crippen LogP contribution is 2.48. The lowest BCUT2D eigenvalue weighted by Gasteiger charge is -2.33. The van der Waals surface area contributed by atoms with E-state index in [1.807, 2.05) is 0 Å². The van der Waals surface area contributed by atoms with E-state index in [4.69, 9.17) is 4.74 Å². The van der Waals surface area contributed by atoms with Crippen LogP contribution >= 0.6 is 0 Å². The maximum Gasteiger partial charge on any atom is 0.425 e. The van der Waals surface area contributed by atoms with Gasteiger partial charge in [-0.1, -0.05) is 23.8 Å². The molecule has 1 atom stereocenters. The van der Waals surface area contributed by atoms with Gasteiger partial charge in [-0.3, -0.25) is 0 Å². The van der Waals surface area contributed by atoms with E-state index in [0.29, 0.717) is 11.6 Å². The number of hydrogen-bond donors (Lipinski definition) is 1. The second-order valence-corrected chi connectivity index (χ2v) is 5.49. The Kier molecular flexibility index (Phi) is 4.78. The van der Waals surface area contributed by atoms with Crippen LogP contribution in [0.2, 0.25) is 0 Å². The summed E-state index contributed by atoms with van der Waals surface area (Å²) in [5.74, 6) is -0.289. The van der Waals surface area contributed by atoms with Gasteiger partial charge in [-0.15, -0.1) is 0 Å². The maximum absolute atomic E-state index is 13.8. The fourth-order valence-electron chi connectivity index (χ4n) is 2.50. The number of ether oxygens (including phenoxy) is 1. The Bertz CT molecular complexity index is 766. The predicted molar refractivity (Wildman–Crippen MR) is 78.2 cm³/mol. The molecule has 0 aliphatic rings. The standard InChI is InChI=1S/C17H14F6O2/c1-10-6-7-14(25-2)13(8-10)15(24,17(21,22)23)11-4-3-5-12(9-11)16(18,19)20/h3-9,24H,1-2H3. The van der Waals surface area contributed by atoms with Crippen LogP contribution in [0.4, 0.5) is 26.3 Å². The monoisotopic (exact) mass is 364 g/mol. The molecule has 2 rings (SSSR count). The molecule has 0 aliphatic carbocycles. The van der Waals surface area contributed by atoms with Crippen molar-refractivity contribution < 1.29 is 36.2 Å². The summed E-state index contributed by atoms with van der Waals surface area (Å²) < 4.78 is 84.8. The van der Waals surface area contributed by atoms with E-state index in [2.05, 4.69) is 0 Å². The molecule has 0 amide bonds. The number of benzene rings is 2. The van der Waals surface area contributed by atoms with E-state index in [1.54, 1.807) is 0 Å². The molecular weight excluding hydrogens is 350 g/mol. The molecule has 0 spiro atoms. The first-order valence-corrected chi connectivity index (χ1v) is 7.03. The van der Waals surface area contributed by atoms with Gasteiger partial charge in [0, 0.05) is 5.56 Å². The normalized spacial score (nSPS) is 14.9. The zero-order valence-corrected chi connectivity index (χ0v) is 13.2.